The van der Waals surface area contributed by atoms with Gasteiger partial charge in [-0.15, -0.1) is 0 Å². The van der Waals surface area contributed by atoms with Crippen LogP contribution in [-0.4, -0.2) is 9.55 Å². The molecule has 0 N–H and O–H groups in total. The molecule has 0 radical (unpaired) electrons. The average Bonchev–Trinajstić information content (AvgIpc) is 2.97. The molecule has 1 aromatic carbocycles. The number of hydrogen-bond acceptors (Lipinski definition) is 1. The molecular weight excluding hydrogens is 220 g/mol. The van der Waals surface area contributed by atoms with Crippen LogP contribution in [0.3, 0.4) is 0 Å². The maximum Gasteiger partial charge on any atom is 0.0991 e. The van der Waals surface area contributed by atoms with Gasteiger partial charge in [0.15, 0.2) is 0 Å². The van der Waals surface area contributed by atoms with Gasteiger partial charge in [0.25, 0.3) is 0 Å². The number of nitrogens with zero attached hydrogens (tertiary/aromatic N) is 2. The minimum atomic E-state index is 0.590. The van der Waals surface area contributed by atoms with Crippen LogP contribution in [-0.2, 0) is 0 Å². The van der Waals surface area contributed by atoms with Crippen LogP contribution >= 0.6 is 0 Å². The van der Waals surface area contributed by atoms with Crippen LogP contribution in [0.2, 0.25) is 0 Å². The van der Waals surface area contributed by atoms with Crippen LogP contribution in [0.1, 0.15) is 53.0 Å². The van der Waals surface area contributed by atoms with Gasteiger partial charge < -0.3 is 4.57 Å². The van der Waals surface area contributed by atoms with Crippen molar-refractivity contribution in [1.82, 2.24) is 9.55 Å². The molecule has 100 valence electrons. The second kappa shape index (κ2) is 9.46. The molecule has 2 aromatic rings. The maximum absolute atomic E-state index is 4.02. The van der Waals surface area contributed by atoms with E-state index in [9.17, 15) is 0 Å². The van der Waals surface area contributed by atoms with Crippen LogP contribution in [0.25, 0.3) is 5.69 Å². The molecule has 0 unspecified atom stereocenters. The molecule has 0 fully saturated rings. The fourth-order valence-electron chi connectivity index (χ4n) is 1.44. The van der Waals surface area contributed by atoms with Crippen LogP contribution in [0.15, 0.2) is 43.0 Å². The third kappa shape index (κ3) is 4.74. The highest BCUT2D eigenvalue weighted by molar-refractivity contribution is 5.35. The van der Waals surface area contributed by atoms with Gasteiger partial charge in [0.05, 0.1) is 6.33 Å². The molecular formula is C16H26N2. The number of rotatable bonds is 2. The number of hydrogen-bond donors (Lipinski definition) is 0. The quantitative estimate of drug-likeness (QED) is 0.725. The van der Waals surface area contributed by atoms with Crippen LogP contribution in [0.4, 0.5) is 0 Å². The van der Waals surface area contributed by atoms with E-state index in [0.29, 0.717) is 5.92 Å². The van der Waals surface area contributed by atoms with E-state index in [2.05, 4.69) is 43.1 Å². The summed E-state index contributed by atoms with van der Waals surface area (Å²) in [6.07, 6.45) is 5.55. The third-order valence-corrected chi connectivity index (χ3v) is 2.36. The summed E-state index contributed by atoms with van der Waals surface area (Å²) >= 11 is 0. The summed E-state index contributed by atoms with van der Waals surface area (Å²) in [6, 6.07) is 8.58. The van der Waals surface area contributed by atoms with Gasteiger partial charge in [0.1, 0.15) is 0 Å². The lowest BCUT2D eigenvalue weighted by Gasteiger charge is -2.06. The summed E-state index contributed by atoms with van der Waals surface area (Å²) in [5.74, 6) is 0.590. The summed E-state index contributed by atoms with van der Waals surface area (Å²) in [5.41, 5.74) is 2.53. The average molecular weight is 246 g/mol. The van der Waals surface area contributed by atoms with Crippen LogP contribution < -0.4 is 0 Å². The molecule has 2 nitrogen and oxygen atoms in total. The fraction of sp³-hybridized carbons (Fsp3) is 0.438. The Balaban J connectivity index is 0.000000659. The molecule has 0 aliphatic heterocycles. The lowest BCUT2D eigenvalue weighted by Crippen LogP contribution is -1.91. The highest BCUT2D eigenvalue weighted by atomic mass is 15.0. The Hall–Kier alpha value is -1.57. The SMILES string of the molecule is CC.CC.CC(C)c1ccc(-n2ccnc2)cc1. The molecule has 1 aromatic heterocycles. The zero-order valence-corrected chi connectivity index (χ0v) is 12.5. The van der Waals surface area contributed by atoms with Crippen molar-refractivity contribution in [3.8, 4) is 5.69 Å². The second-order valence-electron chi connectivity index (χ2n) is 3.72. The summed E-state index contributed by atoms with van der Waals surface area (Å²) in [5, 5.41) is 0. The van der Waals surface area contributed by atoms with Gasteiger partial charge in [-0.1, -0.05) is 53.7 Å². The molecule has 0 aliphatic carbocycles. The molecule has 0 amide bonds. The smallest absolute Gasteiger partial charge is 0.0991 e. The molecule has 0 spiro atoms. The van der Waals surface area contributed by atoms with E-state index in [4.69, 9.17) is 0 Å². The first-order valence-corrected chi connectivity index (χ1v) is 6.85. The van der Waals surface area contributed by atoms with Gasteiger partial charge in [-0.25, -0.2) is 4.98 Å². The van der Waals surface area contributed by atoms with Crippen molar-refractivity contribution in [1.29, 1.82) is 0 Å². The fourth-order valence-corrected chi connectivity index (χ4v) is 1.44. The van der Waals surface area contributed by atoms with Crippen molar-refractivity contribution in [2.24, 2.45) is 0 Å². The lowest BCUT2D eigenvalue weighted by molar-refractivity contribution is 0.865. The molecule has 0 aliphatic rings. The third-order valence-electron chi connectivity index (χ3n) is 2.36. The first-order chi connectivity index (χ1) is 8.77. The van der Waals surface area contributed by atoms with Gasteiger partial charge in [0.2, 0.25) is 0 Å². The largest absolute Gasteiger partial charge is 0.306 e. The minimum absolute atomic E-state index is 0.590. The van der Waals surface area contributed by atoms with Gasteiger partial charge in [-0.2, -0.15) is 0 Å². The van der Waals surface area contributed by atoms with E-state index in [1.807, 2.05) is 44.8 Å². The van der Waals surface area contributed by atoms with Crippen molar-refractivity contribution in [2.75, 3.05) is 0 Å². The minimum Gasteiger partial charge on any atom is -0.306 e. The number of aromatic nitrogens is 2. The summed E-state index contributed by atoms with van der Waals surface area (Å²) in [6.45, 7) is 12.4. The van der Waals surface area contributed by atoms with E-state index in [1.165, 1.54) is 5.56 Å². The Bertz CT molecular complexity index is 386. The molecule has 1 heterocycles. The van der Waals surface area contributed by atoms with E-state index < -0.39 is 0 Å². The van der Waals surface area contributed by atoms with E-state index >= 15 is 0 Å². The van der Waals surface area contributed by atoms with Gasteiger partial charge in [-0.3, -0.25) is 0 Å². The topological polar surface area (TPSA) is 17.8 Å². The Morgan fingerprint density at radius 1 is 0.944 bits per heavy atom. The molecule has 0 bridgehead atoms. The van der Waals surface area contributed by atoms with Crippen molar-refractivity contribution in [2.45, 2.75) is 47.5 Å². The lowest BCUT2D eigenvalue weighted by atomic mass is 10.0. The van der Waals surface area contributed by atoms with Gasteiger partial charge in [0, 0.05) is 18.1 Å². The Morgan fingerprint density at radius 3 is 1.89 bits per heavy atom. The standard InChI is InChI=1S/C12H14N2.2C2H6/c1-10(2)11-3-5-12(6-4-11)14-8-7-13-9-14;2*1-2/h3-10H,1-2H3;2*1-2H3. The maximum atomic E-state index is 4.02. The second-order valence-corrected chi connectivity index (χ2v) is 3.72. The van der Waals surface area contributed by atoms with E-state index in [1.54, 1.807) is 6.20 Å². The molecule has 0 saturated heterocycles. The first kappa shape index (κ1) is 16.4. The summed E-state index contributed by atoms with van der Waals surface area (Å²) < 4.78 is 2.00. The van der Waals surface area contributed by atoms with Crippen molar-refractivity contribution >= 4 is 0 Å². The Kier molecular flexibility index (Phi) is 8.63. The molecule has 2 rings (SSSR count). The predicted molar refractivity (Wildman–Crippen MR) is 80.3 cm³/mol. The Labute approximate surface area is 112 Å². The molecule has 18 heavy (non-hydrogen) atoms. The molecule has 2 heteroatoms. The molecule has 0 atom stereocenters. The van der Waals surface area contributed by atoms with Crippen LogP contribution in [0.5, 0.6) is 0 Å². The summed E-state index contributed by atoms with van der Waals surface area (Å²) in [7, 11) is 0. The Morgan fingerprint density at radius 2 is 1.50 bits per heavy atom. The van der Waals surface area contributed by atoms with Crippen molar-refractivity contribution in [3.05, 3.63) is 48.5 Å². The number of benzene rings is 1. The zero-order valence-electron chi connectivity index (χ0n) is 12.5. The predicted octanol–water partition coefficient (Wildman–Crippen LogP) is 5.05. The van der Waals surface area contributed by atoms with E-state index in [0.717, 1.165) is 5.69 Å². The van der Waals surface area contributed by atoms with Gasteiger partial charge >= 0.3 is 0 Å². The van der Waals surface area contributed by atoms with Crippen molar-refractivity contribution in [3.63, 3.8) is 0 Å². The normalized spacial score (nSPS) is 9.06. The van der Waals surface area contributed by atoms with Crippen LogP contribution in [0, 0.1) is 0 Å². The zero-order chi connectivity index (χ0) is 14.0. The monoisotopic (exact) mass is 246 g/mol. The molecule has 0 saturated carbocycles. The first-order valence-electron chi connectivity index (χ1n) is 6.85. The number of imidazole rings is 1. The van der Waals surface area contributed by atoms with E-state index in [-0.39, 0.29) is 0 Å². The van der Waals surface area contributed by atoms with Gasteiger partial charge in [-0.05, 0) is 23.6 Å². The highest BCUT2D eigenvalue weighted by Crippen LogP contribution is 2.16. The summed E-state index contributed by atoms with van der Waals surface area (Å²) in [4.78, 5) is 4.02. The highest BCUT2D eigenvalue weighted by Gasteiger charge is 1.99. The van der Waals surface area contributed by atoms with Crippen molar-refractivity contribution < 1.29 is 0 Å².